The number of rotatable bonds is 7. The molecule has 5 rings (SSSR count). The lowest BCUT2D eigenvalue weighted by Crippen LogP contribution is -2.17. The van der Waals surface area contributed by atoms with E-state index in [4.69, 9.17) is 4.74 Å². The highest BCUT2D eigenvalue weighted by Crippen LogP contribution is 2.41. The highest BCUT2D eigenvalue weighted by molar-refractivity contribution is 7.90. The molecule has 1 aliphatic heterocycles. The molecule has 3 aromatic rings. The third kappa shape index (κ3) is 5.05. The number of amides is 1. The second-order valence-corrected chi connectivity index (χ2v) is 12.0. The first-order chi connectivity index (χ1) is 16.9. The largest absolute Gasteiger partial charge is 0.368 e. The quantitative estimate of drug-likeness (QED) is 0.400. The number of nitrogens with one attached hydrogen (secondary N) is 3. The molecule has 2 aliphatic rings. The Morgan fingerprint density at radius 1 is 1.17 bits per heavy atom. The smallest absolute Gasteiger partial charge is 0.295 e. The van der Waals surface area contributed by atoms with Crippen LogP contribution in [-0.2, 0) is 19.4 Å². The van der Waals surface area contributed by atoms with E-state index in [1.54, 1.807) is 18.2 Å². The van der Waals surface area contributed by atoms with Crippen LogP contribution in [0.2, 0.25) is 0 Å². The molecule has 36 heavy (non-hydrogen) atoms. The van der Waals surface area contributed by atoms with Gasteiger partial charge in [-0.15, -0.1) is 0 Å². The van der Waals surface area contributed by atoms with Crippen molar-refractivity contribution in [2.24, 2.45) is 5.92 Å². The summed E-state index contributed by atoms with van der Waals surface area (Å²) in [6.07, 6.45) is 1.19. The number of imidazole rings is 1. The Kier molecular flexibility index (Phi) is 5.98. The van der Waals surface area contributed by atoms with E-state index >= 15 is 0 Å². The molecular formula is C24H27F2N5O4S. The fraction of sp³-hybridized carbons (Fsp3) is 0.458. The molecule has 1 atom stereocenters. The van der Waals surface area contributed by atoms with Crippen molar-refractivity contribution in [3.05, 3.63) is 35.7 Å². The number of alkyl halides is 2. The Bertz CT molecular complexity index is 1450. The molecule has 12 heteroatoms. The van der Waals surface area contributed by atoms with E-state index in [2.05, 4.69) is 25.6 Å². The van der Waals surface area contributed by atoms with Crippen LogP contribution in [0.5, 0.6) is 0 Å². The number of fused-ring (bicyclic) bond motifs is 1. The normalized spacial score (nSPS) is 19.7. The van der Waals surface area contributed by atoms with Gasteiger partial charge in [0.2, 0.25) is 5.91 Å². The Morgan fingerprint density at radius 3 is 2.53 bits per heavy atom. The average Bonchev–Trinajstić information content (AvgIpc) is 3.45. The molecule has 3 heterocycles. The van der Waals surface area contributed by atoms with Gasteiger partial charge in [-0.2, -0.15) is 0 Å². The summed E-state index contributed by atoms with van der Waals surface area (Å²) in [6.45, 7) is 3.98. The summed E-state index contributed by atoms with van der Waals surface area (Å²) in [5.74, 6) is -0.733. The van der Waals surface area contributed by atoms with Gasteiger partial charge in [-0.3, -0.25) is 4.79 Å². The number of pyridine rings is 1. The predicted molar refractivity (Wildman–Crippen MR) is 130 cm³/mol. The molecule has 9 nitrogen and oxygen atoms in total. The van der Waals surface area contributed by atoms with Crippen LogP contribution in [0.4, 0.5) is 26.0 Å². The maximum absolute atomic E-state index is 13.4. The number of carbonyl (C=O) groups is 1. The van der Waals surface area contributed by atoms with Crippen molar-refractivity contribution in [3.63, 3.8) is 0 Å². The number of aromatic nitrogens is 3. The van der Waals surface area contributed by atoms with Crippen LogP contribution < -0.4 is 10.6 Å². The number of carbonyl (C=O) groups excluding carboxylic acids is 1. The summed E-state index contributed by atoms with van der Waals surface area (Å²) in [4.78, 5) is 23.0. The molecule has 1 saturated carbocycles. The van der Waals surface area contributed by atoms with E-state index in [9.17, 15) is 22.0 Å². The Labute approximate surface area is 207 Å². The molecule has 0 radical (unpaired) electrons. The first-order valence-electron chi connectivity index (χ1n) is 11.7. The van der Waals surface area contributed by atoms with Gasteiger partial charge in [-0.05, 0) is 57.2 Å². The van der Waals surface area contributed by atoms with Crippen LogP contribution in [0, 0.1) is 5.92 Å². The second-order valence-electron chi connectivity index (χ2n) is 10.00. The third-order valence-electron chi connectivity index (χ3n) is 6.39. The van der Waals surface area contributed by atoms with Crippen molar-refractivity contribution in [2.45, 2.75) is 62.6 Å². The van der Waals surface area contributed by atoms with Crippen LogP contribution in [0.3, 0.4) is 0 Å². The number of sulfone groups is 1. The van der Waals surface area contributed by atoms with Gasteiger partial charge < -0.3 is 20.4 Å². The van der Waals surface area contributed by atoms with Gasteiger partial charge in [-0.25, -0.2) is 27.2 Å². The Balaban J connectivity index is 1.55. The van der Waals surface area contributed by atoms with Gasteiger partial charge in [0.15, 0.2) is 21.3 Å². The van der Waals surface area contributed by atoms with E-state index < -0.39 is 22.1 Å². The van der Waals surface area contributed by atoms with E-state index in [1.165, 1.54) is 6.07 Å². The number of nitrogens with zero attached hydrogens (tertiary/aromatic N) is 2. The summed E-state index contributed by atoms with van der Waals surface area (Å²) in [5, 5.41) is 5.73. The molecule has 3 N–H and O–H groups in total. The van der Waals surface area contributed by atoms with Crippen LogP contribution in [0.25, 0.3) is 11.2 Å². The van der Waals surface area contributed by atoms with E-state index in [0.717, 1.165) is 37.5 Å². The minimum Gasteiger partial charge on any atom is -0.368 e. The zero-order valence-electron chi connectivity index (χ0n) is 20.1. The zero-order chi connectivity index (χ0) is 25.8. The van der Waals surface area contributed by atoms with E-state index in [1.807, 2.05) is 13.8 Å². The maximum Gasteiger partial charge on any atom is 0.295 e. The minimum absolute atomic E-state index is 0.0338. The minimum atomic E-state index is -3.68. The molecule has 0 unspecified atom stereocenters. The third-order valence-corrected chi connectivity index (χ3v) is 7.53. The first kappa shape index (κ1) is 24.6. The lowest BCUT2D eigenvalue weighted by Gasteiger charge is -2.20. The van der Waals surface area contributed by atoms with Gasteiger partial charge in [0.05, 0.1) is 28.0 Å². The topological polar surface area (TPSA) is 126 Å². The van der Waals surface area contributed by atoms with E-state index in [-0.39, 0.29) is 56.8 Å². The summed E-state index contributed by atoms with van der Waals surface area (Å²) in [5.41, 5.74) is 1.06. The van der Waals surface area contributed by atoms with Gasteiger partial charge in [0.25, 0.3) is 6.43 Å². The van der Waals surface area contributed by atoms with Crippen LogP contribution in [-0.4, -0.2) is 41.1 Å². The fourth-order valence-electron chi connectivity index (χ4n) is 4.36. The van der Waals surface area contributed by atoms with Crippen molar-refractivity contribution < 1.29 is 26.7 Å². The molecular weight excluding hydrogens is 492 g/mol. The molecule has 2 aromatic heterocycles. The number of anilines is 3. The monoisotopic (exact) mass is 519 g/mol. The van der Waals surface area contributed by atoms with Gasteiger partial charge in [0, 0.05) is 18.2 Å². The lowest BCUT2D eigenvalue weighted by molar-refractivity contribution is -0.117. The van der Waals surface area contributed by atoms with Crippen LogP contribution in [0.1, 0.15) is 63.4 Å². The molecule has 192 valence electrons. The number of halogens is 2. The summed E-state index contributed by atoms with van der Waals surface area (Å²) in [6, 6.07) is 6.44. The molecule has 1 aliphatic carbocycles. The second kappa shape index (κ2) is 8.77. The van der Waals surface area contributed by atoms with Gasteiger partial charge in [0.1, 0.15) is 11.3 Å². The average molecular weight is 520 g/mol. The molecule has 1 saturated heterocycles. The maximum atomic E-state index is 13.4. The Morgan fingerprint density at radius 2 is 1.92 bits per heavy atom. The summed E-state index contributed by atoms with van der Waals surface area (Å²) >= 11 is 0. The number of hydrogen-bond acceptors (Lipinski definition) is 7. The number of ether oxygens (including phenoxy) is 1. The molecule has 1 amide bonds. The molecule has 1 aromatic carbocycles. The van der Waals surface area contributed by atoms with E-state index in [0.29, 0.717) is 0 Å². The number of hydrogen-bond donors (Lipinski definition) is 3. The van der Waals surface area contributed by atoms with Crippen molar-refractivity contribution in [1.82, 2.24) is 15.0 Å². The van der Waals surface area contributed by atoms with Crippen molar-refractivity contribution in [2.75, 3.05) is 16.9 Å². The number of H-pyrrole nitrogens is 1. The predicted octanol–water partition coefficient (Wildman–Crippen LogP) is 5.02. The van der Waals surface area contributed by atoms with Gasteiger partial charge in [-0.1, -0.05) is 6.07 Å². The van der Waals surface area contributed by atoms with Crippen molar-refractivity contribution >= 4 is 44.1 Å². The zero-order valence-corrected chi connectivity index (χ0v) is 20.9. The SMILES string of the molecule is CC1(C)CC[C@H](c2ccc(Nc3cc(NC(=O)C4CC4)nc4[nH]c(C(F)F)nc34)c(S(C)(=O)=O)c2)O1. The highest BCUT2D eigenvalue weighted by atomic mass is 32.2. The van der Waals surface area contributed by atoms with Crippen molar-refractivity contribution in [3.8, 4) is 0 Å². The molecule has 0 spiro atoms. The molecule has 0 bridgehead atoms. The summed E-state index contributed by atoms with van der Waals surface area (Å²) in [7, 11) is -3.68. The molecule has 2 fully saturated rings. The fourth-order valence-corrected chi connectivity index (χ4v) is 5.22. The van der Waals surface area contributed by atoms with Crippen LogP contribution >= 0.6 is 0 Å². The Hall–Kier alpha value is -3.12. The summed E-state index contributed by atoms with van der Waals surface area (Å²) < 4.78 is 58.2. The lowest BCUT2D eigenvalue weighted by atomic mass is 10.0. The first-order valence-corrected chi connectivity index (χ1v) is 13.6. The standard InChI is InChI=1S/C24H27F2N5O4S/c1-24(2)9-8-16(35-24)13-6-7-14(17(10-13)36(3,33)34)27-15-11-18(29-23(32)12-4-5-12)28-21-19(15)30-22(31-21)20(25)26/h6-7,10-12,16,20H,4-5,8-9H2,1-3H3,(H3,27,28,29,30,31,32)/t16-/m1/s1. The number of aromatic amines is 1. The highest BCUT2D eigenvalue weighted by Gasteiger charge is 2.33. The van der Waals surface area contributed by atoms with Gasteiger partial charge >= 0.3 is 0 Å². The van der Waals surface area contributed by atoms with Crippen LogP contribution in [0.15, 0.2) is 29.2 Å². The number of benzene rings is 1. The van der Waals surface area contributed by atoms with Crippen molar-refractivity contribution in [1.29, 1.82) is 0 Å².